The Morgan fingerprint density at radius 1 is 1.17 bits per heavy atom. The molecule has 138 valence electrons. The number of carboxylic acids is 1. The van der Waals surface area contributed by atoms with Crippen LogP contribution in [-0.4, -0.2) is 39.3 Å². The number of aliphatic hydroxyl groups is 1. The Morgan fingerprint density at radius 2 is 1.75 bits per heavy atom. The summed E-state index contributed by atoms with van der Waals surface area (Å²) in [7, 11) is 0. The van der Waals surface area contributed by atoms with Gasteiger partial charge in [0.1, 0.15) is 0 Å². The molecule has 1 aromatic rings. The smallest absolute Gasteiger partial charge is 0.303 e. The van der Waals surface area contributed by atoms with Gasteiger partial charge in [-0.1, -0.05) is 50.6 Å². The van der Waals surface area contributed by atoms with Crippen molar-refractivity contribution in [2.45, 2.75) is 78.5 Å². The van der Waals surface area contributed by atoms with E-state index >= 15 is 0 Å². The summed E-state index contributed by atoms with van der Waals surface area (Å²) in [6.45, 7) is 12.1. The highest BCUT2D eigenvalue weighted by molar-refractivity contribution is 5.66. The zero-order valence-corrected chi connectivity index (χ0v) is 16.0. The van der Waals surface area contributed by atoms with Gasteiger partial charge >= 0.3 is 5.97 Å². The third kappa shape index (κ3) is 10.4. The average Bonchev–Trinajstić information content (AvgIpc) is 2.47. The van der Waals surface area contributed by atoms with Crippen LogP contribution in [0.15, 0.2) is 30.3 Å². The third-order valence-electron chi connectivity index (χ3n) is 3.88. The second-order valence-corrected chi connectivity index (χ2v) is 6.92. The van der Waals surface area contributed by atoms with Crippen LogP contribution in [0, 0.1) is 0 Å². The van der Waals surface area contributed by atoms with Gasteiger partial charge in [-0.15, -0.1) is 0 Å². The maximum Gasteiger partial charge on any atom is 0.303 e. The van der Waals surface area contributed by atoms with Gasteiger partial charge in [-0.2, -0.15) is 0 Å². The van der Waals surface area contributed by atoms with Crippen molar-refractivity contribution >= 4 is 5.97 Å². The first-order valence-corrected chi connectivity index (χ1v) is 8.91. The summed E-state index contributed by atoms with van der Waals surface area (Å²) in [4.78, 5) is 12.0. The lowest BCUT2D eigenvalue weighted by molar-refractivity contribution is -0.137. The summed E-state index contributed by atoms with van der Waals surface area (Å²) in [5.74, 6) is -0.711. The molecule has 0 aliphatic heterocycles. The van der Waals surface area contributed by atoms with E-state index in [4.69, 9.17) is 5.11 Å². The van der Waals surface area contributed by atoms with E-state index in [1.165, 1.54) is 5.56 Å². The summed E-state index contributed by atoms with van der Waals surface area (Å²) < 4.78 is 0. The largest absolute Gasteiger partial charge is 0.481 e. The molecule has 0 aliphatic carbocycles. The SMILES string of the molecule is CCCC(=O)O.CCCC(C)(C)N(Cc1ccccc1)CC(C)O. The van der Waals surface area contributed by atoms with Crippen LogP contribution in [0.5, 0.6) is 0 Å². The number of aliphatic hydroxyl groups excluding tert-OH is 1. The fourth-order valence-electron chi connectivity index (χ4n) is 2.63. The second kappa shape index (κ2) is 12.0. The number of rotatable bonds is 9. The molecule has 0 spiro atoms. The fourth-order valence-corrected chi connectivity index (χ4v) is 2.63. The van der Waals surface area contributed by atoms with Crippen molar-refractivity contribution in [1.82, 2.24) is 4.90 Å². The molecule has 0 saturated carbocycles. The van der Waals surface area contributed by atoms with Crippen LogP contribution < -0.4 is 0 Å². The molecule has 0 aliphatic rings. The Kier molecular flexibility index (Phi) is 11.3. The highest BCUT2D eigenvalue weighted by Crippen LogP contribution is 2.23. The molecule has 4 nitrogen and oxygen atoms in total. The Balaban J connectivity index is 0.000000754. The third-order valence-corrected chi connectivity index (χ3v) is 3.88. The molecule has 0 bridgehead atoms. The van der Waals surface area contributed by atoms with E-state index in [0.717, 1.165) is 32.4 Å². The van der Waals surface area contributed by atoms with Gasteiger partial charge in [0.2, 0.25) is 0 Å². The average molecular weight is 338 g/mol. The molecular formula is C20H35NO3. The van der Waals surface area contributed by atoms with Crippen molar-refractivity contribution < 1.29 is 15.0 Å². The van der Waals surface area contributed by atoms with E-state index in [1.807, 2.05) is 19.9 Å². The highest BCUT2D eigenvalue weighted by Gasteiger charge is 2.26. The number of carbonyl (C=O) groups is 1. The van der Waals surface area contributed by atoms with E-state index in [0.29, 0.717) is 6.42 Å². The van der Waals surface area contributed by atoms with E-state index in [1.54, 1.807) is 0 Å². The quantitative estimate of drug-likeness (QED) is 0.704. The van der Waals surface area contributed by atoms with Crippen molar-refractivity contribution in [3.05, 3.63) is 35.9 Å². The predicted octanol–water partition coefficient (Wildman–Crippen LogP) is 4.32. The lowest BCUT2D eigenvalue weighted by Gasteiger charge is -2.39. The molecule has 1 aromatic carbocycles. The van der Waals surface area contributed by atoms with Crippen molar-refractivity contribution in [2.24, 2.45) is 0 Å². The zero-order chi connectivity index (χ0) is 18.6. The second-order valence-electron chi connectivity index (χ2n) is 6.92. The first kappa shape index (κ1) is 22.6. The molecule has 0 fully saturated rings. The Labute approximate surface area is 147 Å². The number of nitrogens with zero attached hydrogens (tertiary/aromatic N) is 1. The molecule has 1 unspecified atom stereocenters. The Bertz CT molecular complexity index is 443. The summed E-state index contributed by atoms with van der Waals surface area (Å²) in [5.41, 5.74) is 1.43. The van der Waals surface area contributed by atoms with E-state index in [9.17, 15) is 9.90 Å². The number of β-amino-alcohol motifs (C(OH)–C–C–N with tert-alkyl or cyclic N) is 1. The van der Waals surface area contributed by atoms with E-state index in [2.05, 4.69) is 49.9 Å². The first-order valence-electron chi connectivity index (χ1n) is 8.91. The molecule has 0 saturated heterocycles. The Morgan fingerprint density at radius 3 is 2.12 bits per heavy atom. The lowest BCUT2D eigenvalue weighted by atomic mass is 9.95. The fraction of sp³-hybridized carbons (Fsp3) is 0.650. The van der Waals surface area contributed by atoms with Crippen molar-refractivity contribution in [2.75, 3.05) is 6.54 Å². The van der Waals surface area contributed by atoms with Crippen LogP contribution in [0.4, 0.5) is 0 Å². The van der Waals surface area contributed by atoms with Gasteiger partial charge in [0, 0.05) is 25.0 Å². The topological polar surface area (TPSA) is 60.8 Å². The maximum absolute atomic E-state index is 9.69. The monoisotopic (exact) mass is 337 g/mol. The minimum Gasteiger partial charge on any atom is -0.481 e. The van der Waals surface area contributed by atoms with E-state index in [-0.39, 0.29) is 11.6 Å². The van der Waals surface area contributed by atoms with Crippen LogP contribution in [0.3, 0.4) is 0 Å². The minimum absolute atomic E-state index is 0.127. The lowest BCUT2D eigenvalue weighted by Crippen LogP contribution is -2.46. The molecule has 1 rings (SSSR count). The van der Waals surface area contributed by atoms with Crippen molar-refractivity contribution in [3.63, 3.8) is 0 Å². The van der Waals surface area contributed by atoms with Crippen LogP contribution >= 0.6 is 0 Å². The van der Waals surface area contributed by atoms with Gasteiger partial charge in [-0.05, 0) is 39.2 Å². The van der Waals surface area contributed by atoms with Crippen LogP contribution in [0.2, 0.25) is 0 Å². The van der Waals surface area contributed by atoms with Crippen molar-refractivity contribution in [3.8, 4) is 0 Å². The van der Waals surface area contributed by atoms with Crippen molar-refractivity contribution in [1.29, 1.82) is 0 Å². The van der Waals surface area contributed by atoms with Crippen LogP contribution in [-0.2, 0) is 11.3 Å². The molecule has 0 amide bonds. The predicted molar refractivity (Wildman–Crippen MR) is 100 cm³/mol. The van der Waals surface area contributed by atoms with Gasteiger partial charge in [0.05, 0.1) is 6.10 Å². The maximum atomic E-state index is 9.69. The number of aliphatic carboxylic acids is 1. The molecule has 4 heteroatoms. The molecule has 0 radical (unpaired) electrons. The number of carboxylic acid groups (broad SMARTS) is 1. The summed E-state index contributed by atoms with van der Waals surface area (Å²) >= 11 is 0. The van der Waals surface area contributed by atoms with Crippen LogP contribution in [0.25, 0.3) is 0 Å². The molecule has 24 heavy (non-hydrogen) atoms. The molecule has 0 aromatic heterocycles. The van der Waals surface area contributed by atoms with Gasteiger partial charge in [0.15, 0.2) is 0 Å². The normalized spacial score (nSPS) is 12.5. The van der Waals surface area contributed by atoms with E-state index < -0.39 is 5.97 Å². The number of benzene rings is 1. The number of hydrogen-bond donors (Lipinski definition) is 2. The molecular weight excluding hydrogens is 302 g/mol. The number of hydrogen-bond acceptors (Lipinski definition) is 3. The van der Waals surface area contributed by atoms with Gasteiger partial charge < -0.3 is 10.2 Å². The van der Waals surface area contributed by atoms with Gasteiger partial charge in [-0.25, -0.2) is 0 Å². The first-order chi connectivity index (χ1) is 11.2. The standard InChI is InChI=1S/C16H27NO.C4H8O2/c1-5-11-16(3,4)17(12-14(2)18)13-15-9-7-6-8-10-15;1-2-3-4(5)6/h6-10,14,18H,5,11-13H2,1-4H3;2-3H2,1H3,(H,5,6). The summed E-state index contributed by atoms with van der Waals surface area (Å²) in [5, 5.41) is 17.6. The summed E-state index contributed by atoms with van der Waals surface area (Å²) in [6.07, 6.45) is 3.05. The minimum atomic E-state index is -0.711. The summed E-state index contributed by atoms with van der Waals surface area (Å²) in [6, 6.07) is 10.5. The van der Waals surface area contributed by atoms with Gasteiger partial charge in [-0.3, -0.25) is 9.69 Å². The molecule has 2 N–H and O–H groups in total. The molecule has 1 atom stereocenters. The van der Waals surface area contributed by atoms with Gasteiger partial charge in [0.25, 0.3) is 0 Å². The Hall–Kier alpha value is -1.39. The highest BCUT2D eigenvalue weighted by atomic mass is 16.4. The zero-order valence-electron chi connectivity index (χ0n) is 16.0. The van der Waals surface area contributed by atoms with Crippen LogP contribution in [0.1, 0.15) is 65.9 Å². The molecule has 0 heterocycles.